The molecule has 12 heteroatoms. The molecular weight excluding hydrogens is 472 g/mol. The number of amides is 1. The number of piperidine rings is 1. The van der Waals surface area contributed by atoms with E-state index in [0.717, 1.165) is 41.8 Å². The van der Waals surface area contributed by atoms with Crippen molar-refractivity contribution in [2.45, 2.75) is 47.1 Å². The van der Waals surface area contributed by atoms with Gasteiger partial charge in [0.25, 0.3) is 0 Å². The van der Waals surface area contributed by atoms with Crippen molar-refractivity contribution in [1.82, 2.24) is 40.0 Å². The summed E-state index contributed by atoms with van der Waals surface area (Å²) in [6.07, 6.45) is 5.01. The zero-order valence-electron chi connectivity index (χ0n) is 19.6. The lowest BCUT2D eigenvalue weighted by atomic mass is 10.1. The van der Waals surface area contributed by atoms with Crippen LogP contribution in [-0.4, -0.2) is 85.0 Å². The van der Waals surface area contributed by atoms with E-state index in [1.807, 2.05) is 49.2 Å². The highest BCUT2D eigenvalue weighted by Gasteiger charge is 2.26. The lowest BCUT2D eigenvalue weighted by Gasteiger charge is -2.30. The van der Waals surface area contributed by atoms with Gasteiger partial charge in [0.2, 0.25) is 5.16 Å². The minimum Gasteiger partial charge on any atom is -0.410 e. The van der Waals surface area contributed by atoms with Crippen LogP contribution in [0.25, 0.3) is 0 Å². The summed E-state index contributed by atoms with van der Waals surface area (Å²) >= 11 is 3.34. The number of imidazole rings is 1. The van der Waals surface area contributed by atoms with E-state index in [9.17, 15) is 4.79 Å². The van der Waals surface area contributed by atoms with Gasteiger partial charge in [-0.1, -0.05) is 35.7 Å². The molecule has 1 fully saturated rings. The van der Waals surface area contributed by atoms with Gasteiger partial charge in [0.15, 0.2) is 5.16 Å². The second kappa shape index (κ2) is 11.7. The van der Waals surface area contributed by atoms with Gasteiger partial charge in [-0.25, -0.2) is 14.5 Å². The Morgan fingerprint density at radius 2 is 2.03 bits per heavy atom. The first-order chi connectivity index (χ1) is 16.5. The first-order valence-electron chi connectivity index (χ1n) is 11.3. The molecule has 3 heterocycles. The summed E-state index contributed by atoms with van der Waals surface area (Å²) in [5.41, 5.74) is 1.15. The summed E-state index contributed by atoms with van der Waals surface area (Å²) < 4.78 is 7.47. The summed E-state index contributed by atoms with van der Waals surface area (Å²) in [6, 6.07) is 7.68. The van der Waals surface area contributed by atoms with E-state index in [0.29, 0.717) is 24.1 Å². The number of hydrogen-bond donors (Lipinski definition) is 1. The number of tetrazole rings is 1. The third kappa shape index (κ3) is 6.73. The molecule has 0 aliphatic carbocycles. The SMILES string of the molecule is CC(Sc1ncc[nH]1)c1ccc(OC(=O)N2CCC(Sc3nnnn3CCN(C)C)CC2)cc1. The number of likely N-dealkylation sites (N-methyl/N-ethyl adjacent to an activating group) is 1. The fourth-order valence-corrected chi connectivity index (χ4v) is 5.51. The second-order valence-corrected chi connectivity index (χ2v) is 11.0. The molecule has 1 amide bonds. The number of ether oxygens (including phenoxy) is 1. The number of nitrogens with one attached hydrogen (secondary N) is 1. The molecule has 1 N–H and O–H groups in total. The molecule has 1 saturated heterocycles. The van der Waals surface area contributed by atoms with Gasteiger partial charge in [0.05, 0.1) is 6.54 Å². The summed E-state index contributed by atoms with van der Waals surface area (Å²) in [5.74, 6) is 0.556. The Morgan fingerprint density at radius 3 is 2.71 bits per heavy atom. The van der Waals surface area contributed by atoms with Crippen LogP contribution in [0.5, 0.6) is 5.75 Å². The molecule has 2 aromatic heterocycles. The smallest absolute Gasteiger partial charge is 0.410 e. The van der Waals surface area contributed by atoms with Crippen LogP contribution in [0, 0.1) is 0 Å². The van der Waals surface area contributed by atoms with Gasteiger partial charge in [-0.3, -0.25) is 0 Å². The monoisotopic (exact) mass is 502 g/mol. The standard InChI is InChI=1S/C22H30N8O2S2/c1-16(33-20-23-10-11-24-20)17-4-6-18(7-5-17)32-22(31)29-12-8-19(9-13-29)34-21-25-26-27-30(21)15-14-28(2)3/h4-7,10-11,16,19H,8-9,12-15H2,1-3H3,(H,23,24). The van der Waals surface area contributed by atoms with E-state index in [2.05, 4.69) is 37.3 Å². The van der Waals surface area contributed by atoms with Crippen LogP contribution in [-0.2, 0) is 6.54 Å². The Kier molecular flexibility index (Phi) is 8.46. The fraction of sp³-hybridized carbons (Fsp3) is 0.500. The Morgan fingerprint density at radius 1 is 1.26 bits per heavy atom. The molecule has 4 rings (SSSR count). The van der Waals surface area contributed by atoms with Gasteiger partial charge >= 0.3 is 6.09 Å². The highest BCUT2D eigenvalue weighted by molar-refractivity contribution is 7.99. The maximum absolute atomic E-state index is 12.7. The Hall–Kier alpha value is -2.57. The predicted octanol–water partition coefficient (Wildman–Crippen LogP) is 3.57. The van der Waals surface area contributed by atoms with E-state index < -0.39 is 0 Å². The van der Waals surface area contributed by atoms with Crippen molar-refractivity contribution in [2.75, 3.05) is 33.7 Å². The molecule has 1 atom stereocenters. The number of benzene rings is 1. The van der Waals surface area contributed by atoms with E-state index in [4.69, 9.17) is 4.74 Å². The predicted molar refractivity (Wildman–Crippen MR) is 132 cm³/mol. The quantitative estimate of drug-likeness (QED) is 0.440. The Labute approximate surface area is 207 Å². The number of thioether (sulfide) groups is 2. The molecule has 0 saturated carbocycles. The number of carbonyl (C=O) groups excluding carboxylic acids is 1. The number of hydrogen-bond acceptors (Lipinski definition) is 9. The molecule has 0 bridgehead atoms. The number of aromatic amines is 1. The zero-order chi connectivity index (χ0) is 23.9. The maximum Gasteiger partial charge on any atom is 0.415 e. The van der Waals surface area contributed by atoms with Gasteiger partial charge in [0, 0.05) is 42.5 Å². The lowest BCUT2D eigenvalue weighted by Crippen LogP contribution is -2.41. The van der Waals surface area contributed by atoms with E-state index in [-0.39, 0.29) is 11.3 Å². The normalized spacial score (nSPS) is 15.6. The van der Waals surface area contributed by atoms with Crippen molar-refractivity contribution in [1.29, 1.82) is 0 Å². The molecule has 1 aliphatic heterocycles. The zero-order valence-corrected chi connectivity index (χ0v) is 21.3. The molecule has 1 aromatic carbocycles. The maximum atomic E-state index is 12.7. The third-order valence-electron chi connectivity index (χ3n) is 5.55. The van der Waals surface area contributed by atoms with Crippen molar-refractivity contribution in [3.8, 4) is 5.75 Å². The minimum absolute atomic E-state index is 0.233. The van der Waals surface area contributed by atoms with Gasteiger partial charge in [0.1, 0.15) is 5.75 Å². The molecule has 0 spiro atoms. The Bertz CT molecular complexity index is 1030. The Balaban J connectivity index is 1.23. The van der Waals surface area contributed by atoms with Crippen LogP contribution < -0.4 is 4.74 Å². The average molecular weight is 503 g/mol. The van der Waals surface area contributed by atoms with Gasteiger partial charge in [-0.15, -0.1) is 5.10 Å². The molecule has 34 heavy (non-hydrogen) atoms. The van der Waals surface area contributed by atoms with Crippen molar-refractivity contribution in [3.63, 3.8) is 0 Å². The summed E-state index contributed by atoms with van der Waals surface area (Å²) in [7, 11) is 4.06. The number of aromatic nitrogens is 6. The first-order valence-corrected chi connectivity index (χ1v) is 13.0. The number of nitrogens with zero attached hydrogens (tertiary/aromatic N) is 7. The van der Waals surface area contributed by atoms with E-state index in [1.165, 1.54) is 0 Å². The van der Waals surface area contributed by atoms with Crippen molar-refractivity contribution in [3.05, 3.63) is 42.2 Å². The second-order valence-electron chi connectivity index (χ2n) is 8.38. The molecule has 182 valence electrons. The lowest BCUT2D eigenvalue weighted by molar-refractivity contribution is 0.143. The highest BCUT2D eigenvalue weighted by atomic mass is 32.2. The molecular formula is C22H30N8O2S2. The topological polar surface area (TPSA) is 105 Å². The van der Waals surface area contributed by atoms with Crippen molar-refractivity contribution >= 4 is 29.6 Å². The van der Waals surface area contributed by atoms with Crippen LogP contribution in [0.1, 0.15) is 30.6 Å². The van der Waals surface area contributed by atoms with Gasteiger partial charge in [-0.05, 0) is 62.0 Å². The average Bonchev–Trinajstić information content (AvgIpc) is 3.50. The molecule has 1 aliphatic rings. The van der Waals surface area contributed by atoms with Gasteiger partial charge in [-0.2, -0.15) is 0 Å². The van der Waals surface area contributed by atoms with Crippen LogP contribution in [0.15, 0.2) is 47.0 Å². The highest BCUT2D eigenvalue weighted by Crippen LogP contribution is 2.33. The third-order valence-corrected chi connectivity index (χ3v) is 7.93. The van der Waals surface area contributed by atoms with E-state index in [1.54, 1.807) is 34.6 Å². The van der Waals surface area contributed by atoms with Gasteiger partial charge < -0.3 is 19.5 Å². The van der Waals surface area contributed by atoms with E-state index >= 15 is 0 Å². The van der Waals surface area contributed by atoms with Crippen LogP contribution in [0.3, 0.4) is 0 Å². The summed E-state index contributed by atoms with van der Waals surface area (Å²) in [5, 5.41) is 14.4. The van der Waals surface area contributed by atoms with Crippen LogP contribution in [0.2, 0.25) is 0 Å². The molecule has 0 radical (unpaired) electrons. The van der Waals surface area contributed by atoms with Crippen LogP contribution >= 0.6 is 23.5 Å². The number of H-pyrrole nitrogens is 1. The number of likely N-dealkylation sites (tertiary alicyclic amines) is 1. The summed E-state index contributed by atoms with van der Waals surface area (Å²) in [6.45, 7) is 5.07. The number of rotatable bonds is 9. The number of carbonyl (C=O) groups is 1. The molecule has 3 aromatic rings. The van der Waals surface area contributed by atoms with Crippen LogP contribution in [0.4, 0.5) is 4.79 Å². The first kappa shape index (κ1) is 24.6. The minimum atomic E-state index is -0.301. The molecule has 1 unspecified atom stereocenters. The molecule has 10 nitrogen and oxygen atoms in total. The van der Waals surface area contributed by atoms with Crippen molar-refractivity contribution < 1.29 is 9.53 Å². The largest absolute Gasteiger partial charge is 0.415 e. The van der Waals surface area contributed by atoms with Crippen molar-refractivity contribution in [2.24, 2.45) is 0 Å². The summed E-state index contributed by atoms with van der Waals surface area (Å²) in [4.78, 5) is 23.9. The fourth-order valence-electron chi connectivity index (χ4n) is 3.54.